The highest BCUT2D eigenvalue weighted by atomic mass is 79.9. The van der Waals surface area contributed by atoms with Crippen molar-refractivity contribution in [2.75, 3.05) is 0 Å². The average molecular weight is 356 g/mol. The molecule has 0 amide bonds. The zero-order chi connectivity index (χ0) is 14.7. The quantitative estimate of drug-likeness (QED) is 0.462. The van der Waals surface area contributed by atoms with Gasteiger partial charge in [-0.1, -0.05) is 6.92 Å². The lowest BCUT2D eigenvalue weighted by Gasteiger charge is -2.03. The molecule has 2 aromatic rings. The first-order chi connectivity index (χ1) is 9.52. The first kappa shape index (κ1) is 15.1. The Morgan fingerprint density at radius 3 is 2.55 bits per heavy atom. The van der Waals surface area contributed by atoms with Crippen molar-refractivity contribution in [1.29, 1.82) is 0 Å². The van der Waals surface area contributed by atoms with Crippen LogP contribution in [0.5, 0.6) is 0 Å². The number of thioether (sulfide) groups is 1. The van der Waals surface area contributed by atoms with Crippen molar-refractivity contribution in [1.82, 2.24) is 9.78 Å². The Bertz CT molecular complexity index is 625. The molecule has 0 aliphatic heterocycles. The lowest BCUT2D eigenvalue weighted by Crippen LogP contribution is -1.97. The number of nitrogens with zero attached hydrogens (tertiary/aromatic N) is 3. The van der Waals surface area contributed by atoms with E-state index in [1.807, 2.05) is 11.7 Å². The minimum Gasteiger partial charge on any atom is -0.270 e. The van der Waals surface area contributed by atoms with Gasteiger partial charge >= 0.3 is 0 Å². The summed E-state index contributed by atoms with van der Waals surface area (Å²) in [6.45, 7) is 2.07. The smallest absolute Gasteiger partial charge is 0.269 e. The Balaban J connectivity index is 2.09. The minimum atomic E-state index is -0.389. The Morgan fingerprint density at radius 2 is 2.05 bits per heavy atom. The molecule has 0 atom stereocenters. The molecule has 20 heavy (non-hydrogen) atoms. The maximum absolute atomic E-state index is 10.6. The summed E-state index contributed by atoms with van der Waals surface area (Å²) in [6, 6.07) is 6.60. The summed E-state index contributed by atoms with van der Waals surface area (Å²) in [5, 5.41) is 15.0. The van der Waals surface area contributed by atoms with Gasteiger partial charge in [0, 0.05) is 29.8 Å². The van der Waals surface area contributed by atoms with Crippen molar-refractivity contribution in [2.45, 2.75) is 24.0 Å². The van der Waals surface area contributed by atoms with Gasteiger partial charge in [-0.2, -0.15) is 5.10 Å². The van der Waals surface area contributed by atoms with E-state index in [4.69, 9.17) is 0 Å². The van der Waals surface area contributed by atoms with Gasteiger partial charge in [0.2, 0.25) is 0 Å². The third kappa shape index (κ3) is 3.21. The number of non-ortho nitro benzene ring substituents is 1. The van der Waals surface area contributed by atoms with Crippen LogP contribution in [0.25, 0.3) is 0 Å². The van der Waals surface area contributed by atoms with E-state index >= 15 is 0 Å². The topological polar surface area (TPSA) is 61.0 Å². The van der Waals surface area contributed by atoms with Crippen LogP contribution in [0.2, 0.25) is 0 Å². The second kappa shape index (κ2) is 6.41. The molecule has 0 unspecified atom stereocenters. The molecule has 5 nitrogen and oxygen atoms in total. The second-order valence-corrected chi connectivity index (χ2v) is 6.07. The van der Waals surface area contributed by atoms with Gasteiger partial charge in [-0.3, -0.25) is 14.8 Å². The maximum atomic E-state index is 10.6. The van der Waals surface area contributed by atoms with E-state index in [1.165, 1.54) is 12.1 Å². The first-order valence-corrected chi connectivity index (χ1v) is 7.88. The first-order valence-electron chi connectivity index (χ1n) is 6.10. The SMILES string of the molecule is CCc1nn(C)c(CSc2ccc([N+](=O)[O-])cc2)c1Br. The predicted molar refractivity (Wildman–Crippen MR) is 82.9 cm³/mol. The maximum Gasteiger partial charge on any atom is 0.269 e. The third-order valence-corrected chi connectivity index (χ3v) is 4.86. The predicted octanol–water partition coefficient (Wildman–Crippen LogP) is 3.95. The van der Waals surface area contributed by atoms with Gasteiger partial charge in [-0.25, -0.2) is 0 Å². The summed E-state index contributed by atoms with van der Waals surface area (Å²) in [5.41, 5.74) is 2.28. The van der Waals surface area contributed by atoms with E-state index in [2.05, 4.69) is 28.0 Å². The molecule has 0 radical (unpaired) electrons. The third-order valence-electron chi connectivity index (χ3n) is 2.93. The molecule has 0 bridgehead atoms. The molecule has 0 saturated heterocycles. The number of nitro benzene ring substituents is 1. The zero-order valence-corrected chi connectivity index (χ0v) is 13.6. The largest absolute Gasteiger partial charge is 0.270 e. The Labute approximate surface area is 129 Å². The zero-order valence-electron chi connectivity index (χ0n) is 11.2. The fourth-order valence-corrected chi connectivity index (χ4v) is 3.70. The summed E-state index contributed by atoms with van der Waals surface area (Å²) in [7, 11) is 1.93. The van der Waals surface area contributed by atoms with Crippen molar-refractivity contribution >= 4 is 33.4 Å². The molecule has 0 spiro atoms. The number of halogens is 1. The molecular formula is C13H14BrN3O2S. The highest BCUT2D eigenvalue weighted by Gasteiger charge is 2.13. The van der Waals surface area contributed by atoms with Crippen molar-refractivity contribution in [2.24, 2.45) is 7.05 Å². The van der Waals surface area contributed by atoms with Gasteiger partial charge in [0.25, 0.3) is 5.69 Å². The average Bonchev–Trinajstić information content (AvgIpc) is 2.71. The Hall–Kier alpha value is -1.34. The molecule has 0 fully saturated rings. The van der Waals surface area contributed by atoms with E-state index in [9.17, 15) is 10.1 Å². The van der Waals surface area contributed by atoms with Crippen LogP contribution >= 0.6 is 27.7 Å². The van der Waals surface area contributed by atoms with Crippen LogP contribution in [0.1, 0.15) is 18.3 Å². The number of nitro groups is 1. The second-order valence-electron chi connectivity index (χ2n) is 4.22. The van der Waals surface area contributed by atoms with E-state index in [0.717, 1.165) is 32.9 Å². The van der Waals surface area contributed by atoms with Crippen LogP contribution in [-0.2, 0) is 19.2 Å². The molecule has 1 aromatic heterocycles. The van der Waals surface area contributed by atoms with E-state index in [0.29, 0.717) is 0 Å². The van der Waals surface area contributed by atoms with Gasteiger partial charge in [0.15, 0.2) is 0 Å². The number of hydrogen-bond donors (Lipinski definition) is 0. The molecular weight excluding hydrogens is 342 g/mol. The Morgan fingerprint density at radius 1 is 1.40 bits per heavy atom. The van der Waals surface area contributed by atoms with Crippen LogP contribution < -0.4 is 0 Å². The Kier molecular flexibility index (Phi) is 4.82. The number of aryl methyl sites for hydroxylation is 2. The summed E-state index contributed by atoms with van der Waals surface area (Å²) in [5.74, 6) is 0.766. The molecule has 0 aliphatic carbocycles. The van der Waals surface area contributed by atoms with Crippen LogP contribution in [0.4, 0.5) is 5.69 Å². The van der Waals surface area contributed by atoms with Crippen LogP contribution in [0, 0.1) is 10.1 Å². The van der Waals surface area contributed by atoms with Gasteiger partial charge in [-0.15, -0.1) is 11.8 Å². The monoisotopic (exact) mass is 355 g/mol. The molecule has 0 saturated carbocycles. The van der Waals surface area contributed by atoms with Crippen LogP contribution in [0.15, 0.2) is 33.6 Å². The van der Waals surface area contributed by atoms with E-state index < -0.39 is 0 Å². The van der Waals surface area contributed by atoms with Crippen molar-refractivity contribution in [3.8, 4) is 0 Å². The molecule has 0 aliphatic rings. The minimum absolute atomic E-state index is 0.115. The van der Waals surface area contributed by atoms with Gasteiger partial charge in [-0.05, 0) is 34.5 Å². The van der Waals surface area contributed by atoms with Gasteiger partial charge in [0.05, 0.1) is 20.8 Å². The summed E-state index contributed by atoms with van der Waals surface area (Å²) >= 11 is 5.21. The van der Waals surface area contributed by atoms with Crippen molar-refractivity contribution in [3.05, 3.63) is 50.2 Å². The van der Waals surface area contributed by atoms with E-state index in [1.54, 1.807) is 23.9 Å². The summed E-state index contributed by atoms with van der Waals surface area (Å²) < 4.78 is 2.93. The number of hydrogen-bond acceptors (Lipinski definition) is 4. The van der Waals surface area contributed by atoms with Crippen LogP contribution in [0.3, 0.4) is 0 Å². The lowest BCUT2D eigenvalue weighted by molar-refractivity contribution is -0.384. The van der Waals surface area contributed by atoms with E-state index in [-0.39, 0.29) is 10.6 Å². The molecule has 1 aromatic carbocycles. The molecule has 7 heteroatoms. The van der Waals surface area contributed by atoms with Gasteiger partial charge < -0.3 is 0 Å². The van der Waals surface area contributed by atoms with Crippen molar-refractivity contribution < 1.29 is 4.92 Å². The fraction of sp³-hybridized carbons (Fsp3) is 0.308. The highest BCUT2D eigenvalue weighted by molar-refractivity contribution is 9.10. The molecule has 2 rings (SSSR count). The summed E-state index contributed by atoms with van der Waals surface area (Å²) in [4.78, 5) is 11.2. The molecule has 106 valence electrons. The fourth-order valence-electron chi connectivity index (χ4n) is 1.79. The molecule has 0 N–H and O–H groups in total. The normalized spacial score (nSPS) is 10.8. The van der Waals surface area contributed by atoms with Crippen molar-refractivity contribution in [3.63, 3.8) is 0 Å². The number of aromatic nitrogens is 2. The lowest BCUT2D eigenvalue weighted by atomic mass is 10.3. The number of rotatable bonds is 5. The standard InChI is InChI=1S/C13H14BrN3O2S/c1-3-11-13(14)12(16(2)15-11)8-20-10-6-4-9(5-7-10)17(18)19/h4-7H,3,8H2,1-2H3. The van der Waals surface area contributed by atoms with Crippen LogP contribution in [-0.4, -0.2) is 14.7 Å². The highest BCUT2D eigenvalue weighted by Crippen LogP contribution is 2.29. The number of benzene rings is 1. The summed E-state index contributed by atoms with van der Waals surface area (Å²) in [6.07, 6.45) is 0.886. The van der Waals surface area contributed by atoms with Gasteiger partial charge in [0.1, 0.15) is 0 Å². The molecule has 1 heterocycles.